The third-order valence-electron chi connectivity index (χ3n) is 2.16. The summed E-state index contributed by atoms with van der Waals surface area (Å²) in [6, 6.07) is 0. The Hall–Kier alpha value is -2.16. The zero-order chi connectivity index (χ0) is 13.2. The molecule has 1 rings (SSSR count). The van der Waals surface area contributed by atoms with Crippen molar-refractivity contribution in [3.63, 3.8) is 0 Å². The van der Waals surface area contributed by atoms with Crippen molar-refractivity contribution < 1.29 is 14.8 Å². The van der Waals surface area contributed by atoms with Crippen molar-refractivity contribution in [1.82, 2.24) is 9.78 Å². The molecule has 0 fully saturated rings. The third-order valence-corrected chi connectivity index (χ3v) is 2.16. The Morgan fingerprint density at radius 3 is 2.82 bits per heavy atom. The van der Waals surface area contributed by atoms with Crippen molar-refractivity contribution in [2.45, 2.75) is 13.0 Å². The van der Waals surface area contributed by atoms with Gasteiger partial charge in [0.05, 0.1) is 11.5 Å². The van der Waals surface area contributed by atoms with E-state index in [9.17, 15) is 20.0 Å². The van der Waals surface area contributed by atoms with Crippen LogP contribution in [0.4, 0.5) is 11.5 Å². The van der Waals surface area contributed by atoms with Crippen molar-refractivity contribution in [2.75, 3.05) is 11.9 Å². The average Bonchev–Trinajstić information content (AvgIpc) is 2.49. The average molecular weight is 243 g/mol. The Labute approximate surface area is 96.4 Å². The van der Waals surface area contributed by atoms with Crippen LogP contribution in [0.5, 0.6) is 0 Å². The number of aryl methyl sites for hydroxylation is 2. The molecule has 0 spiro atoms. The highest BCUT2D eigenvalue weighted by Crippen LogP contribution is 2.26. The van der Waals surface area contributed by atoms with E-state index in [1.165, 1.54) is 18.7 Å². The SMILES string of the molecule is Cc1nn(C)c(NCC(O)C(N)=O)c1[N+](=O)[O-]. The summed E-state index contributed by atoms with van der Waals surface area (Å²) >= 11 is 0. The monoisotopic (exact) mass is 243 g/mol. The lowest BCUT2D eigenvalue weighted by Crippen LogP contribution is -2.34. The molecule has 0 saturated carbocycles. The van der Waals surface area contributed by atoms with E-state index in [0.29, 0.717) is 0 Å². The number of nitro groups is 1. The van der Waals surface area contributed by atoms with Gasteiger partial charge in [-0.2, -0.15) is 5.10 Å². The zero-order valence-electron chi connectivity index (χ0n) is 9.38. The largest absolute Gasteiger partial charge is 0.381 e. The number of hydrogen-bond acceptors (Lipinski definition) is 6. The summed E-state index contributed by atoms with van der Waals surface area (Å²) < 4.78 is 1.27. The molecule has 9 heteroatoms. The second-order valence-corrected chi connectivity index (χ2v) is 3.46. The molecule has 1 heterocycles. The second-order valence-electron chi connectivity index (χ2n) is 3.46. The molecular weight excluding hydrogens is 230 g/mol. The topological polar surface area (TPSA) is 136 Å². The first-order valence-corrected chi connectivity index (χ1v) is 4.73. The summed E-state index contributed by atoms with van der Waals surface area (Å²) in [6.45, 7) is 1.28. The van der Waals surface area contributed by atoms with Crippen molar-refractivity contribution in [3.05, 3.63) is 15.8 Å². The lowest BCUT2D eigenvalue weighted by Gasteiger charge is -2.08. The van der Waals surface area contributed by atoms with Gasteiger partial charge in [0.2, 0.25) is 11.7 Å². The highest BCUT2D eigenvalue weighted by Gasteiger charge is 2.24. The molecule has 0 bridgehead atoms. The smallest absolute Gasteiger partial charge is 0.333 e. The minimum atomic E-state index is -1.41. The number of carbonyl (C=O) groups excluding carboxylic acids is 1. The zero-order valence-corrected chi connectivity index (χ0v) is 9.38. The maximum Gasteiger partial charge on any atom is 0.333 e. The van der Waals surface area contributed by atoms with E-state index >= 15 is 0 Å². The van der Waals surface area contributed by atoms with E-state index in [1.807, 2.05) is 0 Å². The van der Waals surface area contributed by atoms with Crippen LogP contribution in [0.15, 0.2) is 0 Å². The van der Waals surface area contributed by atoms with E-state index in [2.05, 4.69) is 10.4 Å². The van der Waals surface area contributed by atoms with Crippen LogP contribution in [-0.4, -0.2) is 38.4 Å². The van der Waals surface area contributed by atoms with Gasteiger partial charge in [-0.1, -0.05) is 0 Å². The Kier molecular flexibility index (Phi) is 3.63. The molecule has 0 aromatic carbocycles. The molecule has 0 aliphatic carbocycles. The first-order valence-electron chi connectivity index (χ1n) is 4.73. The summed E-state index contributed by atoms with van der Waals surface area (Å²) in [5.74, 6) is -0.785. The van der Waals surface area contributed by atoms with Gasteiger partial charge < -0.3 is 16.2 Å². The summed E-state index contributed by atoms with van der Waals surface area (Å²) in [7, 11) is 1.51. The summed E-state index contributed by atoms with van der Waals surface area (Å²) in [5.41, 5.74) is 4.91. The van der Waals surface area contributed by atoms with Gasteiger partial charge in [-0.25, -0.2) is 4.68 Å². The van der Waals surface area contributed by atoms with Gasteiger partial charge >= 0.3 is 5.69 Å². The van der Waals surface area contributed by atoms with Gasteiger partial charge in [-0.15, -0.1) is 0 Å². The molecular formula is C8H13N5O4. The fourth-order valence-corrected chi connectivity index (χ4v) is 1.36. The number of carbonyl (C=O) groups is 1. The molecule has 0 aliphatic heterocycles. The molecule has 17 heavy (non-hydrogen) atoms. The van der Waals surface area contributed by atoms with Crippen LogP contribution in [-0.2, 0) is 11.8 Å². The maximum atomic E-state index is 10.8. The van der Waals surface area contributed by atoms with E-state index in [1.54, 1.807) is 0 Å². The maximum absolute atomic E-state index is 10.8. The molecule has 1 atom stereocenters. The Balaban J connectivity index is 2.91. The Morgan fingerprint density at radius 1 is 1.76 bits per heavy atom. The van der Waals surface area contributed by atoms with E-state index in [0.717, 1.165) is 0 Å². The Bertz CT molecular complexity index is 455. The fourth-order valence-electron chi connectivity index (χ4n) is 1.36. The molecule has 0 radical (unpaired) electrons. The number of aliphatic hydroxyl groups excluding tert-OH is 1. The molecule has 1 amide bonds. The molecule has 1 aromatic rings. The number of anilines is 1. The number of rotatable bonds is 5. The standard InChI is InChI=1S/C8H13N5O4/c1-4-6(13(16)17)8(12(2)11-4)10-3-5(14)7(9)15/h5,10,14H,3H2,1-2H3,(H2,9,15). The predicted octanol–water partition coefficient (Wildman–Crippen LogP) is -1.11. The quantitative estimate of drug-likeness (QED) is 0.443. The summed E-state index contributed by atoms with van der Waals surface area (Å²) in [4.78, 5) is 20.8. The molecule has 0 saturated heterocycles. The van der Waals surface area contributed by atoms with Gasteiger partial charge in [0.25, 0.3) is 0 Å². The molecule has 94 valence electrons. The van der Waals surface area contributed by atoms with Crippen LogP contribution >= 0.6 is 0 Å². The van der Waals surface area contributed by atoms with Crippen molar-refractivity contribution in [1.29, 1.82) is 0 Å². The van der Waals surface area contributed by atoms with Gasteiger partial charge in [0, 0.05) is 7.05 Å². The first-order chi connectivity index (χ1) is 7.84. The van der Waals surface area contributed by atoms with Crippen LogP contribution in [0.25, 0.3) is 0 Å². The van der Waals surface area contributed by atoms with Crippen molar-refractivity contribution >= 4 is 17.4 Å². The van der Waals surface area contributed by atoms with Crippen LogP contribution in [0.2, 0.25) is 0 Å². The number of amides is 1. The molecule has 1 aromatic heterocycles. The highest BCUT2D eigenvalue weighted by atomic mass is 16.6. The Morgan fingerprint density at radius 2 is 2.35 bits per heavy atom. The van der Waals surface area contributed by atoms with Crippen LogP contribution < -0.4 is 11.1 Å². The van der Waals surface area contributed by atoms with Crippen molar-refractivity contribution in [2.24, 2.45) is 12.8 Å². The van der Waals surface area contributed by atoms with Gasteiger partial charge in [-0.05, 0) is 6.92 Å². The number of nitrogens with two attached hydrogens (primary N) is 1. The second kappa shape index (κ2) is 4.78. The summed E-state index contributed by atoms with van der Waals surface area (Å²) in [5, 5.41) is 26.4. The number of aromatic nitrogens is 2. The van der Waals surface area contributed by atoms with Crippen LogP contribution in [0.1, 0.15) is 5.69 Å². The number of aliphatic hydroxyl groups is 1. The van der Waals surface area contributed by atoms with Crippen molar-refractivity contribution in [3.8, 4) is 0 Å². The summed E-state index contributed by atoms with van der Waals surface area (Å²) in [6.07, 6.45) is -1.41. The van der Waals surface area contributed by atoms with E-state index in [4.69, 9.17) is 5.73 Å². The molecule has 9 nitrogen and oxygen atoms in total. The van der Waals surface area contributed by atoms with Crippen LogP contribution in [0.3, 0.4) is 0 Å². The number of hydrogen-bond donors (Lipinski definition) is 3. The van der Waals surface area contributed by atoms with Gasteiger partial charge in [0.15, 0.2) is 0 Å². The number of nitrogens with zero attached hydrogens (tertiary/aromatic N) is 3. The van der Waals surface area contributed by atoms with E-state index in [-0.39, 0.29) is 23.7 Å². The van der Waals surface area contributed by atoms with Gasteiger partial charge in [-0.3, -0.25) is 14.9 Å². The lowest BCUT2D eigenvalue weighted by molar-refractivity contribution is -0.384. The minimum absolute atomic E-state index is 0.118. The molecule has 4 N–H and O–H groups in total. The molecule has 0 aliphatic rings. The normalized spacial score (nSPS) is 12.2. The number of primary amides is 1. The fraction of sp³-hybridized carbons (Fsp3) is 0.500. The molecule has 1 unspecified atom stereocenters. The predicted molar refractivity (Wildman–Crippen MR) is 58.3 cm³/mol. The van der Waals surface area contributed by atoms with Gasteiger partial charge in [0.1, 0.15) is 11.8 Å². The number of nitrogens with one attached hydrogen (secondary N) is 1. The lowest BCUT2D eigenvalue weighted by atomic mass is 10.3. The van der Waals surface area contributed by atoms with E-state index < -0.39 is 16.9 Å². The first kappa shape index (κ1) is 12.9. The third kappa shape index (κ3) is 2.69. The van der Waals surface area contributed by atoms with Crippen LogP contribution in [0, 0.1) is 17.0 Å². The minimum Gasteiger partial charge on any atom is -0.381 e. The highest BCUT2D eigenvalue weighted by molar-refractivity contribution is 5.79.